The van der Waals surface area contributed by atoms with Gasteiger partial charge in [0.25, 0.3) is 0 Å². The van der Waals surface area contributed by atoms with Crippen LogP contribution in [0.4, 0.5) is 5.69 Å². The lowest BCUT2D eigenvalue weighted by atomic mass is 10.3. The molecule has 0 saturated carbocycles. The molecule has 2 heterocycles. The molecule has 1 aromatic carbocycles. The second kappa shape index (κ2) is 5.72. The van der Waals surface area contributed by atoms with Gasteiger partial charge in [-0.2, -0.15) is 0 Å². The lowest BCUT2D eigenvalue weighted by Gasteiger charge is -2.06. The summed E-state index contributed by atoms with van der Waals surface area (Å²) in [6, 6.07) is 10.2. The maximum absolute atomic E-state index is 3.85. The van der Waals surface area contributed by atoms with Gasteiger partial charge in [-0.1, -0.05) is 0 Å². The number of hydrogen-bond acceptors (Lipinski definition) is 5. The number of nitrogens with one attached hydrogen (secondary N) is 1. The van der Waals surface area contributed by atoms with E-state index in [2.05, 4.69) is 49.8 Å². The van der Waals surface area contributed by atoms with E-state index >= 15 is 0 Å². The number of aromatic nitrogens is 4. The Morgan fingerprint density at radius 3 is 2.70 bits per heavy atom. The number of hydrogen-bond donors (Lipinski definition) is 1. The fraction of sp³-hybridized carbons (Fsp3) is 0.154. The van der Waals surface area contributed by atoms with Gasteiger partial charge in [0, 0.05) is 26.5 Å². The van der Waals surface area contributed by atoms with E-state index < -0.39 is 0 Å². The zero-order valence-corrected chi connectivity index (χ0v) is 13.1. The minimum atomic E-state index is 0.821. The normalized spacial score (nSPS) is 10.7. The minimum Gasteiger partial charge on any atom is -0.380 e. The molecule has 3 rings (SSSR count). The van der Waals surface area contributed by atoms with Crippen molar-refractivity contribution in [1.29, 1.82) is 0 Å². The van der Waals surface area contributed by atoms with Crippen molar-refractivity contribution in [3.63, 3.8) is 0 Å². The van der Waals surface area contributed by atoms with Crippen LogP contribution in [0, 0.1) is 6.92 Å². The summed E-state index contributed by atoms with van der Waals surface area (Å²) < 4.78 is 2.80. The molecule has 0 aliphatic carbocycles. The van der Waals surface area contributed by atoms with Crippen LogP contribution in [0.3, 0.4) is 0 Å². The number of benzene rings is 1. The molecule has 0 amide bonds. The van der Waals surface area contributed by atoms with E-state index in [9.17, 15) is 0 Å². The molecular formula is C13H12BrN5S. The van der Waals surface area contributed by atoms with Gasteiger partial charge < -0.3 is 5.32 Å². The molecule has 0 atom stereocenters. The van der Waals surface area contributed by atoms with Gasteiger partial charge in [0.1, 0.15) is 6.33 Å². The predicted octanol–water partition coefficient (Wildman–Crippen LogP) is 3.41. The lowest BCUT2D eigenvalue weighted by Crippen LogP contribution is -1.99. The Labute approximate surface area is 128 Å². The van der Waals surface area contributed by atoms with E-state index in [1.54, 1.807) is 22.3 Å². The summed E-state index contributed by atoms with van der Waals surface area (Å²) in [7, 11) is 0. The first kappa shape index (κ1) is 13.3. The molecular weight excluding hydrogens is 338 g/mol. The van der Waals surface area contributed by atoms with Crippen molar-refractivity contribution in [2.45, 2.75) is 13.5 Å². The van der Waals surface area contributed by atoms with Crippen LogP contribution >= 0.6 is 27.3 Å². The average molecular weight is 350 g/mol. The number of rotatable bonds is 4. The van der Waals surface area contributed by atoms with Crippen molar-refractivity contribution in [2.75, 3.05) is 5.32 Å². The number of aryl methyl sites for hydroxylation is 1. The Morgan fingerprint density at radius 2 is 2.10 bits per heavy atom. The van der Waals surface area contributed by atoms with Crippen molar-refractivity contribution >= 4 is 33.0 Å². The number of anilines is 1. The molecule has 0 saturated heterocycles. The van der Waals surface area contributed by atoms with Crippen LogP contribution in [-0.2, 0) is 6.54 Å². The standard InChI is InChI=1S/C13H12BrN5S/c1-9-13(14)6-12(20-9)7-15-10-2-4-11(5-3-10)19-8-16-17-18-19/h2-6,8,15H,7H2,1H3. The van der Waals surface area contributed by atoms with Crippen LogP contribution in [0.15, 0.2) is 41.1 Å². The third-order valence-electron chi connectivity index (χ3n) is 2.86. The molecule has 0 radical (unpaired) electrons. The average Bonchev–Trinajstić information content (AvgIpc) is 3.08. The topological polar surface area (TPSA) is 55.6 Å². The van der Waals surface area contributed by atoms with Crippen molar-refractivity contribution in [3.05, 3.63) is 50.9 Å². The van der Waals surface area contributed by atoms with Gasteiger partial charge in [0.15, 0.2) is 0 Å². The molecule has 0 bridgehead atoms. The van der Waals surface area contributed by atoms with Crippen LogP contribution in [0.5, 0.6) is 0 Å². The molecule has 0 spiro atoms. The van der Waals surface area contributed by atoms with E-state index in [1.807, 2.05) is 24.3 Å². The third kappa shape index (κ3) is 2.88. The molecule has 2 aromatic heterocycles. The highest BCUT2D eigenvalue weighted by Crippen LogP contribution is 2.27. The zero-order chi connectivity index (χ0) is 13.9. The van der Waals surface area contributed by atoms with Crippen LogP contribution < -0.4 is 5.32 Å². The summed E-state index contributed by atoms with van der Waals surface area (Å²) in [6.45, 7) is 2.93. The molecule has 0 fully saturated rings. The van der Waals surface area contributed by atoms with Crippen molar-refractivity contribution < 1.29 is 0 Å². The summed E-state index contributed by atoms with van der Waals surface area (Å²) >= 11 is 5.33. The van der Waals surface area contributed by atoms with Gasteiger partial charge >= 0.3 is 0 Å². The maximum atomic E-state index is 3.85. The van der Waals surface area contributed by atoms with Crippen molar-refractivity contribution in [1.82, 2.24) is 20.2 Å². The van der Waals surface area contributed by atoms with Gasteiger partial charge in [0.2, 0.25) is 0 Å². The Kier molecular flexibility index (Phi) is 3.79. The molecule has 7 heteroatoms. The van der Waals surface area contributed by atoms with Crippen LogP contribution in [0.2, 0.25) is 0 Å². The highest BCUT2D eigenvalue weighted by Gasteiger charge is 2.03. The SMILES string of the molecule is Cc1sc(CNc2ccc(-n3cnnn3)cc2)cc1Br. The number of halogens is 1. The molecule has 0 aliphatic rings. The minimum absolute atomic E-state index is 0.821. The largest absolute Gasteiger partial charge is 0.380 e. The quantitative estimate of drug-likeness (QED) is 0.784. The molecule has 1 N–H and O–H groups in total. The molecule has 0 unspecified atom stereocenters. The van der Waals surface area contributed by atoms with Crippen LogP contribution in [0.1, 0.15) is 9.75 Å². The van der Waals surface area contributed by atoms with E-state index in [-0.39, 0.29) is 0 Å². The lowest BCUT2D eigenvalue weighted by molar-refractivity contribution is 0.789. The van der Waals surface area contributed by atoms with Crippen LogP contribution in [0.25, 0.3) is 5.69 Å². The highest BCUT2D eigenvalue weighted by atomic mass is 79.9. The fourth-order valence-corrected chi connectivity index (χ4v) is 3.35. The highest BCUT2D eigenvalue weighted by molar-refractivity contribution is 9.10. The summed E-state index contributed by atoms with van der Waals surface area (Å²) in [5.74, 6) is 0. The van der Waals surface area contributed by atoms with Crippen molar-refractivity contribution in [2.24, 2.45) is 0 Å². The summed E-state index contributed by atoms with van der Waals surface area (Å²) in [5.41, 5.74) is 2.01. The first-order chi connectivity index (χ1) is 9.72. The Bertz CT molecular complexity index is 671. The summed E-state index contributed by atoms with van der Waals surface area (Å²) in [4.78, 5) is 2.61. The van der Waals surface area contributed by atoms with Crippen molar-refractivity contribution in [3.8, 4) is 5.69 Å². The number of thiophene rings is 1. The first-order valence-corrected chi connectivity index (χ1v) is 7.65. The zero-order valence-electron chi connectivity index (χ0n) is 10.7. The van der Waals surface area contributed by atoms with Gasteiger partial charge in [0.05, 0.1) is 5.69 Å². The van der Waals surface area contributed by atoms with Gasteiger partial charge in [-0.15, -0.1) is 16.4 Å². The fourth-order valence-electron chi connectivity index (χ4n) is 1.81. The first-order valence-electron chi connectivity index (χ1n) is 6.04. The van der Waals surface area contributed by atoms with E-state index in [1.165, 1.54) is 14.2 Å². The summed E-state index contributed by atoms with van der Waals surface area (Å²) in [6.07, 6.45) is 1.58. The Balaban J connectivity index is 1.66. The molecule has 102 valence electrons. The second-order valence-corrected chi connectivity index (χ2v) is 6.47. The number of tetrazole rings is 1. The van der Waals surface area contributed by atoms with Gasteiger partial charge in [-0.05, 0) is 63.6 Å². The van der Waals surface area contributed by atoms with E-state index in [4.69, 9.17) is 0 Å². The van der Waals surface area contributed by atoms with E-state index in [0.717, 1.165) is 17.9 Å². The second-order valence-electron chi connectivity index (χ2n) is 4.27. The number of nitrogens with zero attached hydrogens (tertiary/aromatic N) is 4. The van der Waals surface area contributed by atoms with Crippen LogP contribution in [-0.4, -0.2) is 20.2 Å². The Morgan fingerprint density at radius 1 is 1.30 bits per heavy atom. The van der Waals surface area contributed by atoms with E-state index in [0.29, 0.717) is 0 Å². The van der Waals surface area contributed by atoms with Gasteiger partial charge in [-0.25, -0.2) is 4.68 Å². The molecule has 20 heavy (non-hydrogen) atoms. The Hall–Kier alpha value is -1.73. The smallest absolute Gasteiger partial charge is 0.143 e. The molecule has 0 aliphatic heterocycles. The third-order valence-corrected chi connectivity index (χ3v) is 4.99. The monoisotopic (exact) mass is 349 g/mol. The maximum Gasteiger partial charge on any atom is 0.143 e. The molecule has 5 nitrogen and oxygen atoms in total. The summed E-state index contributed by atoms with van der Waals surface area (Å²) in [5, 5.41) is 14.5. The van der Waals surface area contributed by atoms with Gasteiger partial charge in [-0.3, -0.25) is 0 Å². The molecule has 3 aromatic rings. The predicted molar refractivity (Wildman–Crippen MR) is 83.2 cm³/mol.